The SMILES string of the molecule is CC\C=C/C=C\C=C/C=C\C=C\C=C/C=C\CCCCCC(=O)OCC(COC(=O)CCCCC/C=C\CCCCCCCC)OC(=O)CCCCC/C=C\C/C=C\C/C=C\C/C=C\CC. The molecule has 1 atom stereocenters. The highest BCUT2D eigenvalue weighted by Gasteiger charge is 2.19. The lowest BCUT2D eigenvalue weighted by Gasteiger charge is -2.18. The van der Waals surface area contributed by atoms with Crippen LogP contribution in [0.2, 0.25) is 0 Å². The van der Waals surface area contributed by atoms with E-state index in [0.717, 1.165) is 103 Å². The number of esters is 3. The number of carbonyl (C=O) groups excluding carboxylic acids is 3. The van der Waals surface area contributed by atoms with Gasteiger partial charge >= 0.3 is 17.9 Å². The quantitative estimate of drug-likeness (QED) is 0.0199. The Labute approximate surface area is 404 Å². The standard InChI is InChI=1S/C60H92O6/c1-4-7-10-13-16-19-22-25-27-29-30-31-33-35-38-41-44-47-50-53-59(62)65-56-57(55-64-58(61)52-49-46-43-40-37-34-24-21-18-15-12-9-6-3)66-60(63)54-51-48-45-42-39-36-32-28-26-23-20-17-14-11-8-5-2/h7-8,10-11,13,16-17,19-20,22,25-31,33-39,57H,4-6,9,12,14-15,18,21,23-24,32,40-56H2,1-3H3/b10-7-,11-8-,16-13-,20-17-,22-19-,27-25-,28-26-,30-29+,33-31-,37-34-,38-35-,39-36-. The van der Waals surface area contributed by atoms with E-state index < -0.39 is 6.10 Å². The summed E-state index contributed by atoms with van der Waals surface area (Å²) in [5.41, 5.74) is 0. The van der Waals surface area contributed by atoms with Crippen LogP contribution in [0.4, 0.5) is 0 Å². The molecule has 0 aromatic carbocycles. The summed E-state index contributed by atoms with van der Waals surface area (Å²) in [7, 11) is 0. The van der Waals surface area contributed by atoms with E-state index in [-0.39, 0.29) is 44.0 Å². The molecule has 0 saturated heterocycles. The summed E-state index contributed by atoms with van der Waals surface area (Å²) >= 11 is 0. The van der Waals surface area contributed by atoms with Crippen LogP contribution in [-0.2, 0) is 28.6 Å². The molecule has 0 aliphatic carbocycles. The fourth-order valence-corrected chi connectivity index (χ4v) is 6.41. The first-order chi connectivity index (χ1) is 32.5. The fraction of sp³-hybridized carbons (Fsp3) is 0.550. The number of unbranched alkanes of at least 4 members (excludes halogenated alkanes) is 15. The minimum Gasteiger partial charge on any atom is -0.462 e. The van der Waals surface area contributed by atoms with Gasteiger partial charge in [-0.05, 0) is 103 Å². The van der Waals surface area contributed by atoms with Gasteiger partial charge < -0.3 is 14.2 Å². The second kappa shape index (κ2) is 52.9. The Bertz CT molecular complexity index is 1510. The number of allylic oxidation sites excluding steroid dienone is 24. The van der Waals surface area contributed by atoms with Crippen molar-refractivity contribution in [2.24, 2.45) is 0 Å². The predicted octanol–water partition coefficient (Wildman–Crippen LogP) is 17.3. The van der Waals surface area contributed by atoms with Crippen molar-refractivity contribution in [3.63, 3.8) is 0 Å². The van der Waals surface area contributed by atoms with Gasteiger partial charge in [0, 0.05) is 19.3 Å². The molecular formula is C60H92O6. The second-order valence-corrected chi connectivity index (χ2v) is 16.5. The lowest BCUT2D eigenvalue weighted by Crippen LogP contribution is -2.30. The Morgan fingerprint density at radius 1 is 0.333 bits per heavy atom. The molecule has 0 fully saturated rings. The second-order valence-electron chi connectivity index (χ2n) is 16.5. The van der Waals surface area contributed by atoms with Crippen LogP contribution in [-0.4, -0.2) is 37.2 Å². The van der Waals surface area contributed by atoms with Gasteiger partial charge in [0.15, 0.2) is 6.10 Å². The number of hydrogen-bond donors (Lipinski definition) is 0. The van der Waals surface area contributed by atoms with Gasteiger partial charge in [0.1, 0.15) is 13.2 Å². The zero-order valence-electron chi connectivity index (χ0n) is 41.9. The Hall–Kier alpha value is -4.71. The predicted molar refractivity (Wildman–Crippen MR) is 283 cm³/mol. The van der Waals surface area contributed by atoms with Gasteiger partial charge in [-0.1, -0.05) is 218 Å². The van der Waals surface area contributed by atoms with Gasteiger partial charge in [0.05, 0.1) is 0 Å². The molecule has 1 unspecified atom stereocenters. The van der Waals surface area contributed by atoms with Crippen molar-refractivity contribution in [2.75, 3.05) is 13.2 Å². The van der Waals surface area contributed by atoms with Gasteiger partial charge in [0.25, 0.3) is 0 Å². The van der Waals surface area contributed by atoms with Crippen molar-refractivity contribution in [2.45, 2.75) is 200 Å². The van der Waals surface area contributed by atoms with Crippen LogP contribution in [0.3, 0.4) is 0 Å². The first-order valence-corrected chi connectivity index (χ1v) is 25.9. The van der Waals surface area contributed by atoms with Crippen LogP contribution in [0.5, 0.6) is 0 Å². The average molecular weight is 909 g/mol. The maximum Gasteiger partial charge on any atom is 0.306 e. The van der Waals surface area contributed by atoms with Gasteiger partial charge in [-0.2, -0.15) is 0 Å². The van der Waals surface area contributed by atoms with Crippen molar-refractivity contribution >= 4 is 17.9 Å². The molecule has 368 valence electrons. The molecule has 0 aliphatic heterocycles. The van der Waals surface area contributed by atoms with E-state index in [0.29, 0.717) is 19.3 Å². The van der Waals surface area contributed by atoms with Crippen LogP contribution < -0.4 is 0 Å². The summed E-state index contributed by atoms with van der Waals surface area (Å²) < 4.78 is 16.7. The van der Waals surface area contributed by atoms with E-state index in [2.05, 4.69) is 93.7 Å². The molecule has 0 N–H and O–H groups in total. The van der Waals surface area contributed by atoms with Crippen LogP contribution in [0, 0.1) is 0 Å². The fourth-order valence-electron chi connectivity index (χ4n) is 6.41. The largest absolute Gasteiger partial charge is 0.462 e. The van der Waals surface area contributed by atoms with Gasteiger partial charge in [0.2, 0.25) is 0 Å². The van der Waals surface area contributed by atoms with E-state index in [1.165, 1.54) is 38.5 Å². The molecule has 66 heavy (non-hydrogen) atoms. The number of rotatable bonds is 44. The lowest BCUT2D eigenvalue weighted by atomic mass is 10.1. The third kappa shape index (κ3) is 50.3. The zero-order chi connectivity index (χ0) is 47.9. The molecule has 0 spiro atoms. The number of ether oxygens (including phenoxy) is 3. The first kappa shape index (κ1) is 61.3. The zero-order valence-corrected chi connectivity index (χ0v) is 41.9. The lowest BCUT2D eigenvalue weighted by molar-refractivity contribution is -0.167. The summed E-state index contributed by atoms with van der Waals surface area (Å²) in [4.78, 5) is 38.0. The smallest absolute Gasteiger partial charge is 0.306 e. The molecule has 0 aliphatic rings. The number of hydrogen-bond acceptors (Lipinski definition) is 6. The monoisotopic (exact) mass is 909 g/mol. The molecule has 0 amide bonds. The summed E-state index contributed by atoms with van der Waals surface area (Å²) in [6, 6.07) is 0. The Kier molecular flexibility index (Phi) is 49.1. The Morgan fingerprint density at radius 3 is 1.12 bits per heavy atom. The third-order valence-corrected chi connectivity index (χ3v) is 10.3. The van der Waals surface area contributed by atoms with Crippen LogP contribution in [0.25, 0.3) is 0 Å². The highest BCUT2D eigenvalue weighted by atomic mass is 16.6. The summed E-state index contributed by atoms with van der Waals surface area (Å²) in [5, 5.41) is 0. The van der Waals surface area contributed by atoms with E-state index in [1.807, 2.05) is 72.9 Å². The minimum absolute atomic E-state index is 0.120. The van der Waals surface area contributed by atoms with Gasteiger partial charge in [-0.25, -0.2) is 0 Å². The molecule has 6 nitrogen and oxygen atoms in total. The van der Waals surface area contributed by atoms with Crippen LogP contribution >= 0.6 is 0 Å². The Balaban J connectivity index is 4.60. The van der Waals surface area contributed by atoms with Gasteiger partial charge in [-0.15, -0.1) is 0 Å². The molecule has 0 heterocycles. The summed E-state index contributed by atoms with van der Waals surface area (Å²) in [6.07, 6.45) is 75.4. The normalized spacial score (nSPS) is 13.3. The highest BCUT2D eigenvalue weighted by molar-refractivity contribution is 5.71. The van der Waals surface area contributed by atoms with E-state index in [4.69, 9.17) is 14.2 Å². The van der Waals surface area contributed by atoms with Crippen LogP contribution in [0.1, 0.15) is 194 Å². The molecule has 0 rings (SSSR count). The summed E-state index contributed by atoms with van der Waals surface area (Å²) in [5.74, 6) is -1.02. The maximum absolute atomic E-state index is 12.8. The topological polar surface area (TPSA) is 78.9 Å². The van der Waals surface area contributed by atoms with Crippen LogP contribution in [0.15, 0.2) is 146 Å². The highest BCUT2D eigenvalue weighted by Crippen LogP contribution is 2.12. The van der Waals surface area contributed by atoms with Crippen molar-refractivity contribution in [3.8, 4) is 0 Å². The van der Waals surface area contributed by atoms with Gasteiger partial charge in [-0.3, -0.25) is 14.4 Å². The minimum atomic E-state index is -0.826. The molecular weight excluding hydrogens is 817 g/mol. The van der Waals surface area contributed by atoms with Crippen molar-refractivity contribution < 1.29 is 28.6 Å². The molecule has 0 aromatic rings. The van der Waals surface area contributed by atoms with E-state index in [9.17, 15) is 14.4 Å². The third-order valence-electron chi connectivity index (χ3n) is 10.3. The molecule has 0 radical (unpaired) electrons. The van der Waals surface area contributed by atoms with Crippen molar-refractivity contribution in [3.05, 3.63) is 146 Å². The maximum atomic E-state index is 12.8. The average Bonchev–Trinajstić information content (AvgIpc) is 3.31. The Morgan fingerprint density at radius 2 is 0.667 bits per heavy atom. The summed E-state index contributed by atoms with van der Waals surface area (Å²) in [6.45, 7) is 6.26. The van der Waals surface area contributed by atoms with Crippen molar-refractivity contribution in [1.82, 2.24) is 0 Å². The molecule has 6 heteroatoms. The van der Waals surface area contributed by atoms with E-state index >= 15 is 0 Å². The van der Waals surface area contributed by atoms with E-state index in [1.54, 1.807) is 0 Å². The molecule has 0 aromatic heterocycles. The molecule has 0 saturated carbocycles. The number of carbonyl (C=O) groups is 3. The molecule has 0 bridgehead atoms. The first-order valence-electron chi connectivity index (χ1n) is 25.9. The van der Waals surface area contributed by atoms with Crippen molar-refractivity contribution in [1.29, 1.82) is 0 Å².